The van der Waals surface area contributed by atoms with Gasteiger partial charge < -0.3 is 20.7 Å². The van der Waals surface area contributed by atoms with E-state index < -0.39 is 29.6 Å². The zero-order valence-electron chi connectivity index (χ0n) is 12.6. The summed E-state index contributed by atoms with van der Waals surface area (Å²) in [4.78, 5) is 33.5. The quantitative estimate of drug-likeness (QED) is 0.513. The first-order chi connectivity index (χ1) is 10.9. The standard InChI is InChI=1S/C13H17FN4O5/c1-8(12(19)15-6-5-14)16-13(20)17-10-7-9(18(21)22)3-4-11(10)23-2/h3-4,7-8H,5-6H2,1-2H3,(H,15,19)(H2,16,17,20)/t8-/m1/s1. The number of carbonyl (C=O) groups excluding carboxylic acids is 2. The highest BCUT2D eigenvalue weighted by Gasteiger charge is 2.17. The van der Waals surface area contributed by atoms with E-state index >= 15 is 0 Å². The molecular weight excluding hydrogens is 311 g/mol. The van der Waals surface area contributed by atoms with Crippen LogP contribution in [0.5, 0.6) is 5.75 Å². The molecule has 126 valence electrons. The molecule has 0 fully saturated rings. The van der Waals surface area contributed by atoms with Gasteiger partial charge in [-0.05, 0) is 13.0 Å². The lowest BCUT2D eigenvalue weighted by atomic mass is 10.2. The number of methoxy groups -OCH3 is 1. The smallest absolute Gasteiger partial charge is 0.319 e. The first-order valence-electron chi connectivity index (χ1n) is 6.62. The fourth-order valence-corrected chi connectivity index (χ4v) is 1.65. The molecule has 0 aliphatic heterocycles. The number of hydrogen-bond donors (Lipinski definition) is 3. The molecule has 0 aromatic heterocycles. The molecule has 1 atom stereocenters. The third-order valence-electron chi connectivity index (χ3n) is 2.78. The van der Waals surface area contributed by atoms with E-state index in [1.54, 1.807) is 0 Å². The van der Waals surface area contributed by atoms with E-state index in [-0.39, 0.29) is 23.7 Å². The summed E-state index contributed by atoms with van der Waals surface area (Å²) in [5.41, 5.74) is -0.148. The van der Waals surface area contributed by atoms with Gasteiger partial charge in [0.2, 0.25) is 5.91 Å². The second-order valence-electron chi connectivity index (χ2n) is 4.44. The van der Waals surface area contributed by atoms with Gasteiger partial charge in [-0.1, -0.05) is 0 Å². The van der Waals surface area contributed by atoms with Crippen LogP contribution < -0.4 is 20.7 Å². The normalized spacial score (nSPS) is 11.3. The van der Waals surface area contributed by atoms with Gasteiger partial charge >= 0.3 is 6.03 Å². The molecule has 0 aliphatic carbocycles. The molecule has 9 nitrogen and oxygen atoms in total. The topological polar surface area (TPSA) is 123 Å². The number of amides is 3. The van der Waals surface area contributed by atoms with Crippen molar-refractivity contribution in [3.8, 4) is 5.75 Å². The number of nitro benzene ring substituents is 1. The molecule has 0 heterocycles. The molecule has 1 aromatic carbocycles. The number of non-ortho nitro benzene ring substituents is 1. The van der Waals surface area contributed by atoms with Gasteiger partial charge in [-0.2, -0.15) is 0 Å². The maximum Gasteiger partial charge on any atom is 0.319 e. The molecule has 0 spiro atoms. The molecule has 0 aliphatic rings. The Hall–Kier alpha value is -2.91. The monoisotopic (exact) mass is 328 g/mol. The van der Waals surface area contributed by atoms with Crippen molar-refractivity contribution in [1.82, 2.24) is 10.6 Å². The Morgan fingerprint density at radius 3 is 2.70 bits per heavy atom. The SMILES string of the molecule is COc1ccc([N+](=O)[O-])cc1NC(=O)N[C@H](C)C(=O)NCCF. The number of alkyl halides is 1. The van der Waals surface area contributed by atoms with Crippen LogP contribution in [0.4, 0.5) is 20.6 Å². The van der Waals surface area contributed by atoms with Gasteiger partial charge in [0.25, 0.3) is 5.69 Å². The van der Waals surface area contributed by atoms with Crippen LogP contribution >= 0.6 is 0 Å². The fourth-order valence-electron chi connectivity index (χ4n) is 1.65. The summed E-state index contributed by atoms with van der Waals surface area (Å²) in [7, 11) is 1.34. The molecule has 3 amide bonds. The Morgan fingerprint density at radius 2 is 2.13 bits per heavy atom. The highest BCUT2D eigenvalue weighted by atomic mass is 19.1. The minimum atomic E-state index is -0.911. The maximum absolute atomic E-state index is 12.0. The zero-order chi connectivity index (χ0) is 17.4. The van der Waals surface area contributed by atoms with Crippen molar-refractivity contribution < 1.29 is 23.6 Å². The lowest BCUT2D eigenvalue weighted by molar-refractivity contribution is -0.384. The average molecular weight is 328 g/mol. The van der Waals surface area contributed by atoms with Crippen LogP contribution in [0, 0.1) is 10.1 Å². The van der Waals surface area contributed by atoms with Crippen LogP contribution in [0.3, 0.4) is 0 Å². The molecule has 3 N–H and O–H groups in total. The fraction of sp³-hybridized carbons (Fsp3) is 0.385. The minimum absolute atomic E-state index is 0.0792. The highest BCUT2D eigenvalue weighted by molar-refractivity contribution is 5.94. The molecule has 0 saturated carbocycles. The number of anilines is 1. The summed E-state index contributed by atoms with van der Waals surface area (Å²) in [6, 6.07) is 2.03. The van der Waals surface area contributed by atoms with Crippen LogP contribution in [0.2, 0.25) is 0 Å². The number of benzene rings is 1. The number of nitrogens with one attached hydrogen (secondary N) is 3. The number of hydrogen-bond acceptors (Lipinski definition) is 5. The van der Waals surface area contributed by atoms with Gasteiger partial charge in [-0.15, -0.1) is 0 Å². The second-order valence-corrected chi connectivity index (χ2v) is 4.44. The lowest BCUT2D eigenvalue weighted by Crippen LogP contribution is -2.46. The van der Waals surface area contributed by atoms with Crippen molar-refractivity contribution in [3.05, 3.63) is 28.3 Å². The van der Waals surface area contributed by atoms with E-state index in [0.717, 1.165) is 6.07 Å². The summed E-state index contributed by atoms with van der Waals surface area (Å²) in [6.07, 6.45) is 0. The number of ether oxygens (including phenoxy) is 1. The van der Waals surface area contributed by atoms with Crippen molar-refractivity contribution in [2.75, 3.05) is 25.6 Å². The van der Waals surface area contributed by atoms with E-state index in [1.807, 2.05) is 0 Å². The van der Waals surface area contributed by atoms with Crippen LogP contribution in [-0.2, 0) is 4.79 Å². The Kier molecular flexibility index (Phi) is 6.71. The number of urea groups is 1. The number of nitrogens with zero attached hydrogens (tertiary/aromatic N) is 1. The number of nitro groups is 1. The molecule has 0 radical (unpaired) electrons. The molecule has 0 unspecified atom stereocenters. The summed E-state index contributed by atoms with van der Waals surface area (Å²) in [6.45, 7) is 0.554. The van der Waals surface area contributed by atoms with E-state index in [9.17, 15) is 24.1 Å². The molecule has 10 heteroatoms. The van der Waals surface area contributed by atoms with Gasteiger partial charge in [-0.3, -0.25) is 14.9 Å². The van der Waals surface area contributed by atoms with Gasteiger partial charge in [0.05, 0.1) is 17.7 Å². The average Bonchev–Trinajstić information content (AvgIpc) is 2.52. The number of halogens is 1. The van der Waals surface area contributed by atoms with Crippen LogP contribution in [-0.4, -0.2) is 43.2 Å². The zero-order valence-corrected chi connectivity index (χ0v) is 12.6. The summed E-state index contributed by atoms with van der Waals surface area (Å²) < 4.78 is 17.0. The third kappa shape index (κ3) is 5.41. The molecule has 0 bridgehead atoms. The van der Waals surface area contributed by atoms with Gasteiger partial charge in [0.15, 0.2) is 0 Å². The van der Waals surface area contributed by atoms with Crippen molar-refractivity contribution >= 4 is 23.3 Å². The lowest BCUT2D eigenvalue weighted by Gasteiger charge is -2.15. The Morgan fingerprint density at radius 1 is 1.43 bits per heavy atom. The number of rotatable bonds is 7. The first kappa shape index (κ1) is 18.1. The van der Waals surface area contributed by atoms with Gasteiger partial charge in [0.1, 0.15) is 18.5 Å². The van der Waals surface area contributed by atoms with Gasteiger partial charge in [0, 0.05) is 18.7 Å². The van der Waals surface area contributed by atoms with Crippen molar-refractivity contribution in [3.63, 3.8) is 0 Å². The van der Waals surface area contributed by atoms with Gasteiger partial charge in [-0.25, -0.2) is 9.18 Å². The third-order valence-corrected chi connectivity index (χ3v) is 2.78. The molecule has 23 heavy (non-hydrogen) atoms. The summed E-state index contributed by atoms with van der Waals surface area (Å²) >= 11 is 0. The van der Waals surface area contributed by atoms with Crippen LogP contribution in [0.1, 0.15) is 6.92 Å². The van der Waals surface area contributed by atoms with Crippen molar-refractivity contribution in [1.29, 1.82) is 0 Å². The minimum Gasteiger partial charge on any atom is -0.495 e. The second kappa shape index (κ2) is 8.51. The van der Waals surface area contributed by atoms with Crippen molar-refractivity contribution in [2.24, 2.45) is 0 Å². The summed E-state index contributed by atoms with van der Waals surface area (Å²) in [5.74, 6) is -0.330. The Bertz CT molecular complexity index is 596. The maximum atomic E-state index is 12.0. The molecule has 1 aromatic rings. The van der Waals surface area contributed by atoms with E-state index in [0.29, 0.717) is 0 Å². The highest BCUT2D eigenvalue weighted by Crippen LogP contribution is 2.28. The van der Waals surface area contributed by atoms with E-state index in [1.165, 1.54) is 26.2 Å². The molecular formula is C13H17FN4O5. The van der Waals surface area contributed by atoms with Crippen LogP contribution in [0.25, 0.3) is 0 Å². The summed E-state index contributed by atoms with van der Waals surface area (Å²) in [5, 5.41) is 17.7. The van der Waals surface area contributed by atoms with E-state index in [4.69, 9.17) is 4.74 Å². The van der Waals surface area contributed by atoms with Crippen molar-refractivity contribution in [2.45, 2.75) is 13.0 Å². The first-order valence-corrected chi connectivity index (χ1v) is 6.62. The van der Waals surface area contributed by atoms with Crippen LogP contribution in [0.15, 0.2) is 18.2 Å². The molecule has 0 saturated heterocycles. The number of carbonyl (C=O) groups is 2. The Balaban J connectivity index is 2.74. The molecule has 1 rings (SSSR count). The Labute approximate surface area is 131 Å². The van der Waals surface area contributed by atoms with E-state index in [2.05, 4.69) is 16.0 Å². The predicted molar refractivity (Wildman–Crippen MR) is 80.2 cm³/mol. The predicted octanol–water partition coefficient (Wildman–Crippen LogP) is 1.20. The largest absolute Gasteiger partial charge is 0.495 e.